The summed E-state index contributed by atoms with van der Waals surface area (Å²) < 4.78 is 0. The first kappa shape index (κ1) is 15.6. The predicted octanol–water partition coefficient (Wildman–Crippen LogP) is 2.46. The van der Waals surface area contributed by atoms with Crippen LogP contribution in [-0.2, 0) is 0 Å². The van der Waals surface area contributed by atoms with E-state index in [1.165, 1.54) is 12.1 Å². The lowest BCUT2D eigenvalue weighted by Crippen LogP contribution is -2.02. The molecule has 4 heterocycles. The number of pyridine rings is 4. The minimum atomic E-state index is -0.0758. The van der Waals surface area contributed by atoms with Gasteiger partial charge in [0.25, 0.3) is 0 Å². The van der Waals surface area contributed by atoms with Crippen LogP contribution in [0.4, 0.5) is 0 Å². The third kappa shape index (κ3) is 3.22. The van der Waals surface area contributed by atoms with Crippen molar-refractivity contribution in [2.24, 2.45) is 0 Å². The Kier molecular flexibility index (Phi) is 4.20. The smallest absolute Gasteiger partial charge is 0.248 e. The summed E-state index contributed by atoms with van der Waals surface area (Å²) in [7, 11) is 0. The number of hydrogen-bond acceptors (Lipinski definition) is 4. The van der Waals surface area contributed by atoms with E-state index in [0.717, 1.165) is 33.2 Å². The molecule has 0 saturated heterocycles. The lowest BCUT2D eigenvalue weighted by molar-refractivity contribution is 1.21. The Morgan fingerprint density at radius 1 is 0.667 bits per heavy atom. The summed E-state index contributed by atoms with van der Waals surface area (Å²) in [5.74, 6) is 0. The maximum absolute atomic E-state index is 10.9. The van der Waals surface area contributed by atoms with Crippen LogP contribution in [0.25, 0.3) is 21.8 Å². The highest BCUT2D eigenvalue weighted by Gasteiger charge is 1.97. The molecule has 0 aliphatic carbocycles. The number of fused-ring (bicyclic) bond motifs is 2. The second kappa shape index (κ2) is 6.45. The highest BCUT2D eigenvalue weighted by molar-refractivity contribution is 5.80. The first-order chi connectivity index (χ1) is 11.5. The predicted molar refractivity (Wildman–Crippen MR) is 94.2 cm³/mol. The van der Waals surface area contributed by atoms with Gasteiger partial charge in [-0.1, -0.05) is 0 Å². The molecule has 4 rings (SSSR count). The van der Waals surface area contributed by atoms with Crippen LogP contribution in [0.5, 0.6) is 0 Å². The normalized spacial score (nSPS) is 10.4. The van der Waals surface area contributed by atoms with E-state index in [0.29, 0.717) is 0 Å². The van der Waals surface area contributed by atoms with E-state index in [4.69, 9.17) is 0 Å². The highest BCUT2D eigenvalue weighted by Crippen LogP contribution is 2.11. The van der Waals surface area contributed by atoms with Gasteiger partial charge in [0.2, 0.25) is 11.1 Å². The second-order valence-electron chi connectivity index (χ2n) is 5.36. The van der Waals surface area contributed by atoms with Crippen LogP contribution in [0.3, 0.4) is 0 Å². The van der Waals surface area contributed by atoms with Crippen molar-refractivity contribution in [2.45, 2.75) is 13.8 Å². The molecule has 120 valence electrons. The fourth-order valence-corrected chi connectivity index (χ4v) is 2.46. The summed E-state index contributed by atoms with van der Waals surface area (Å²) in [4.78, 5) is 35.5. The largest absolute Gasteiger partial charge is 0.322 e. The standard InChI is InChI=1S/2C9H8N2O/c2*1-6-7-2-3-9(12)11-8(7)4-5-10-6/h2*2-5H,1H3,(H,11,12). The minimum absolute atomic E-state index is 0.0758. The third-order valence-corrected chi connectivity index (χ3v) is 3.70. The quantitative estimate of drug-likeness (QED) is 0.520. The molecule has 0 atom stereocenters. The zero-order valence-corrected chi connectivity index (χ0v) is 13.3. The van der Waals surface area contributed by atoms with E-state index in [9.17, 15) is 9.59 Å². The lowest BCUT2D eigenvalue weighted by Gasteiger charge is -1.98. The number of nitrogens with one attached hydrogen (secondary N) is 2. The van der Waals surface area contributed by atoms with Gasteiger partial charge in [-0.05, 0) is 38.1 Å². The van der Waals surface area contributed by atoms with Crippen molar-refractivity contribution in [1.29, 1.82) is 0 Å². The topological polar surface area (TPSA) is 91.5 Å². The van der Waals surface area contributed by atoms with Gasteiger partial charge in [0, 0.05) is 46.7 Å². The summed E-state index contributed by atoms with van der Waals surface area (Å²) in [5, 5.41) is 1.99. The zero-order chi connectivity index (χ0) is 17.1. The molecule has 6 nitrogen and oxygen atoms in total. The van der Waals surface area contributed by atoms with Crippen LogP contribution in [-0.4, -0.2) is 19.9 Å². The fraction of sp³-hybridized carbons (Fsp3) is 0.111. The van der Waals surface area contributed by atoms with Crippen molar-refractivity contribution in [3.05, 3.63) is 80.9 Å². The molecule has 4 aromatic heterocycles. The van der Waals surface area contributed by atoms with Gasteiger partial charge in [-0.3, -0.25) is 19.6 Å². The van der Waals surface area contributed by atoms with Gasteiger partial charge >= 0.3 is 0 Å². The SMILES string of the molecule is Cc1nccc2[nH]c(=O)ccc12.Cc1nccc2[nH]c(=O)ccc12. The molecular formula is C18H16N4O2. The Balaban J connectivity index is 0.000000141. The number of aromatic amines is 2. The summed E-state index contributed by atoms with van der Waals surface area (Å²) in [6.45, 7) is 3.83. The van der Waals surface area contributed by atoms with Crippen LogP contribution in [0.1, 0.15) is 11.4 Å². The Morgan fingerprint density at radius 3 is 1.50 bits per heavy atom. The minimum Gasteiger partial charge on any atom is -0.322 e. The average Bonchev–Trinajstić information content (AvgIpc) is 2.55. The highest BCUT2D eigenvalue weighted by atomic mass is 16.1. The summed E-state index contributed by atoms with van der Waals surface area (Å²) >= 11 is 0. The van der Waals surface area contributed by atoms with E-state index >= 15 is 0 Å². The van der Waals surface area contributed by atoms with Gasteiger partial charge in [-0.2, -0.15) is 0 Å². The van der Waals surface area contributed by atoms with E-state index in [2.05, 4.69) is 19.9 Å². The summed E-state index contributed by atoms with van der Waals surface area (Å²) in [6.07, 6.45) is 3.38. The summed E-state index contributed by atoms with van der Waals surface area (Å²) in [6, 6.07) is 10.2. The Morgan fingerprint density at radius 2 is 1.08 bits per heavy atom. The maximum Gasteiger partial charge on any atom is 0.248 e. The number of H-pyrrole nitrogens is 2. The molecule has 0 radical (unpaired) electrons. The summed E-state index contributed by atoms with van der Waals surface area (Å²) in [5.41, 5.74) is 3.40. The molecule has 2 N–H and O–H groups in total. The number of nitrogens with zero attached hydrogens (tertiary/aromatic N) is 2. The molecule has 0 fully saturated rings. The van der Waals surface area contributed by atoms with Crippen molar-refractivity contribution in [2.75, 3.05) is 0 Å². The molecule has 0 aromatic carbocycles. The molecule has 0 unspecified atom stereocenters. The molecule has 0 aliphatic rings. The fourth-order valence-electron chi connectivity index (χ4n) is 2.46. The monoisotopic (exact) mass is 320 g/mol. The average molecular weight is 320 g/mol. The van der Waals surface area contributed by atoms with Crippen molar-refractivity contribution >= 4 is 21.8 Å². The molecule has 0 saturated carbocycles. The molecule has 6 heteroatoms. The van der Waals surface area contributed by atoms with Crippen molar-refractivity contribution in [1.82, 2.24) is 19.9 Å². The molecule has 0 bridgehead atoms. The van der Waals surface area contributed by atoms with E-state index in [-0.39, 0.29) is 11.1 Å². The van der Waals surface area contributed by atoms with Gasteiger partial charge in [0.1, 0.15) is 0 Å². The molecule has 24 heavy (non-hydrogen) atoms. The van der Waals surface area contributed by atoms with Gasteiger partial charge in [0.05, 0.1) is 11.0 Å². The van der Waals surface area contributed by atoms with Crippen molar-refractivity contribution < 1.29 is 0 Å². The van der Waals surface area contributed by atoms with E-state index < -0.39 is 0 Å². The maximum atomic E-state index is 10.9. The van der Waals surface area contributed by atoms with Crippen LogP contribution in [0.15, 0.2) is 58.4 Å². The second-order valence-corrected chi connectivity index (χ2v) is 5.36. The van der Waals surface area contributed by atoms with Crippen LogP contribution < -0.4 is 11.1 Å². The Labute approximate surface area is 137 Å². The van der Waals surface area contributed by atoms with Crippen LogP contribution >= 0.6 is 0 Å². The van der Waals surface area contributed by atoms with Crippen LogP contribution in [0.2, 0.25) is 0 Å². The molecule has 0 spiro atoms. The molecule has 0 aliphatic heterocycles. The van der Waals surface area contributed by atoms with Gasteiger partial charge in [0.15, 0.2) is 0 Å². The number of aromatic nitrogens is 4. The Hall–Kier alpha value is -3.28. The number of hydrogen-bond donors (Lipinski definition) is 2. The van der Waals surface area contributed by atoms with Crippen molar-refractivity contribution in [3.63, 3.8) is 0 Å². The van der Waals surface area contributed by atoms with Gasteiger partial charge in [-0.15, -0.1) is 0 Å². The first-order valence-corrected chi connectivity index (χ1v) is 7.44. The zero-order valence-electron chi connectivity index (χ0n) is 13.3. The van der Waals surface area contributed by atoms with E-state index in [1.807, 2.05) is 13.8 Å². The first-order valence-electron chi connectivity index (χ1n) is 7.44. The van der Waals surface area contributed by atoms with Gasteiger partial charge < -0.3 is 9.97 Å². The molecule has 4 aromatic rings. The molecular weight excluding hydrogens is 304 g/mol. The third-order valence-electron chi connectivity index (χ3n) is 3.70. The number of aryl methyl sites for hydroxylation is 2. The van der Waals surface area contributed by atoms with Gasteiger partial charge in [-0.25, -0.2) is 0 Å². The molecule has 0 amide bonds. The Bertz CT molecular complexity index is 1040. The lowest BCUT2D eigenvalue weighted by atomic mass is 10.2. The van der Waals surface area contributed by atoms with E-state index in [1.54, 1.807) is 36.7 Å². The number of rotatable bonds is 0. The van der Waals surface area contributed by atoms with Crippen LogP contribution in [0, 0.1) is 13.8 Å². The van der Waals surface area contributed by atoms with Crippen molar-refractivity contribution in [3.8, 4) is 0 Å².